The van der Waals surface area contributed by atoms with Gasteiger partial charge in [0.05, 0.1) is 6.10 Å². The maximum atomic E-state index is 5.38. The lowest BCUT2D eigenvalue weighted by Gasteiger charge is -2.09. The van der Waals surface area contributed by atoms with E-state index in [0.29, 0.717) is 6.10 Å². The fraction of sp³-hybridized carbons (Fsp3) is 1.00. The third kappa shape index (κ3) is 0.873. The van der Waals surface area contributed by atoms with E-state index in [-0.39, 0.29) is 0 Å². The number of rotatable bonds is 0. The van der Waals surface area contributed by atoms with Gasteiger partial charge in [-0.05, 0) is 18.8 Å². The van der Waals surface area contributed by atoms with Crippen molar-refractivity contribution in [3.05, 3.63) is 0 Å². The van der Waals surface area contributed by atoms with E-state index in [0.717, 1.165) is 18.4 Å². The van der Waals surface area contributed by atoms with Gasteiger partial charge in [0.1, 0.15) is 0 Å². The second-order valence-corrected chi connectivity index (χ2v) is 2.87. The van der Waals surface area contributed by atoms with Crippen LogP contribution in [-0.2, 0) is 4.74 Å². The summed E-state index contributed by atoms with van der Waals surface area (Å²) in [6, 6.07) is 0. The van der Waals surface area contributed by atoms with Crippen molar-refractivity contribution >= 4 is 0 Å². The Morgan fingerprint density at radius 3 is 2.00 bits per heavy atom. The van der Waals surface area contributed by atoms with E-state index < -0.39 is 0 Å². The Kier molecular flexibility index (Phi) is 1.57. The topological polar surface area (TPSA) is 9.23 Å². The van der Waals surface area contributed by atoms with Crippen LogP contribution in [0.5, 0.6) is 0 Å². The highest BCUT2D eigenvalue weighted by Gasteiger charge is 2.26. The first-order valence-corrected chi connectivity index (χ1v) is 3.33. The molecule has 1 aliphatic heterocycles. The Morgan fingerprint density at radius 2 is 1.88 bits per heavy atom. The molecule has 0 amide bonds. The standard InChI is InChI=1S/C7H14O/c1-5-4-8-7(3)6(5)2/h5-7H,4H2,1-3H3/t5-,6?,7?/m1/s1. The SMILES string of the molecule is CC1OC[C@@H](C)C1C. The molecular weight excluding hydrogens is 100 g/mol. The summed E-state index contributed by atoms with van der Waals surface area (Å²) in [5, 5.41) is 0. The van der Waals surface area contributed by atoms with Crippen LogP contribution >= 0.6 is 0 Å². The molecule has 0 saturated carbocycles. The minimum atomic E-state index is 0.491. The van der Waals surface area contributed by atoms with Gasteiger partial charge in [-0.3, -0.25) is 0 Å². The van der Waals surface area contributed by atoms with Gasteiger partial charge in [-0.15, -0.1) is 0 Å². The Bertz CT molecular complexity index is 70.5. The van der Waals surface area contributed by atoms with Crippen LogP contribution in [0.25, 0.3) is 0 Å². The molecule has 0 spiro atoms. The van der Waals surface area contributed by atoms with Crippen LogP contribution in [0.4, 0.5) is 0 Å². The van der Waals surface area contributed by atoms with Gasteiger partial charge in [0.15, 0.2) is 0 Å². The molecule has 1 aliphatic rings. The molecule has 3 atom stereocenters. The van der Waals surface area contributed by atoms with Crippen LogP contribution in [0.3, 0.4) is 0 Å². The van der Waals surface area contributed by atoms with Crippen molar-refractivity contribution < 1.29 is 4.74 Å². The van der Waals surface area contributed by atoms with Crippen LogP contribution in [0.2, 0.25) is 0 Å². The molecule has 0 N–H and O–H groups in total. The molecule has 0 aromatic carbocycles. The van der Waals surface area contributed by atoms with Gasteiger partial charge < -0.3 is 4.74 Å². The van der Waals surface area contributed by atoms with Crippen molar-refractivity contribution in [3.8, 4) is 0 Å². The van der Waals surface area contributed by atoms with Gasteiger partial charge in [-0.25, -0.2) is 0 Å². The lowest BCUT2D eigenvalue weighted by Crippen LogP contribution is -2.10. The quantitative estimate of drug-likeness (QED) is 0.465. The smallest absolute Gasteiger partial charge is 0.0576 e. The van der Waals surface area contributed by atoms with Crippen molar-refractivity contribution in [2.45, 2.75) is 26.9 Å². The molecule has 0 aromatic rings. The molecule has 0 bridgehead atoms. The zero-order chi connectivity index (χ0) is 6.15. The summed E-state index contributed by atoms with van der Waals surface area (Å²) in [5.74, 6) is 1.53. The van der Waals surface area contributed by atoms with Gasteiger partial charge in [-0.2, -0.15) is 0 Å². The first-order chi connectivity index (χ1) is 3.72. The summed E-state index contributed by atoms with van der Waals surface area (Å²) >= 11 is 0. The van der Waals surface area contributed by atoms with Crippen LogP contribution < -0.4 is 0 Å². The predicted octanol–water partition coefficient (Wildman–Crippen LogP) is 1.68. The lowest BCUT2D eigenvalue weighted by molar-refractivity contribution is 0.108. The third-order valence-electron chi connectivity index (χ3n) is 2.26. The first kappa shape index (κ1) is 6.09. The fourth-order valence-electron chi connectivity index (χ4n) is 1.07. The molecule has 48 valence electrons. The summed E-state index contributed by atoms with van der Waals surface area (Å²) in [6.45, 7) is 7.60. The number of ether oxygens (including phenoxy) is 1. The van der Waals surface area contributed by atoms with Crippen LogP contribution in [0, 0.1) is 11.8 Å². The lowest BCUT2D eigenvalue weighted by atomic mass is 9.96. The Hall–Kier alpha value is -0.0400. The highest BCUT2D eigenvalue weighted by atomic mass is 16.5. The molecule has 1 nitrogen and oxygen atoms in total. The third-order valence-corrected chi connectivity index (χ3v) is 2.26. The fourth-order valence-corrected chi connectivity index (χ4v) is 1.07. The summed E-state index contributed by atoms with van der Waals surface area (Å²) in [7, 11) is 0. The number of hydrogen-bond acceptors (Lipinski definition) is 1. The van der Waals surface area contributed by atoms with E-state index in [4.69, 9.17) is 4.74 Å². The van der Waals surface area contributed by atoms with Crippen molar-refractivity contribution in [3.63, 3.8) is 0 Å². The highest BCUT2D eigenvalue weighted by molar-refractivity contribution is 4.73. The molecule has 1 fully saturated rings. The van der Waals surface area contributed by atoms with Crippen LogP contribution in [-0.4, -0.2) is 12.7 Å². The summed E-state index contributed by atoms with van der Waals surface area (Å²) < 4.78 is 5.38. The van der Waals surface area contributed by atoms with E-state index >= 15 is 0 Å². The van der Waals surface area contributed by atoms with Crippen LogP contribution in [0.15, 0.2) is 0 Å². The Balaban J connectivity index is 2.44. The molecule has 0 radical (unpaired) electrons. The van der Waals surface area contributed by atoms with E-state index in [1.165, 1.54) is 0 Å². The first-order valence-electron chi connectivity index (χ1n) is 3.33. The van der Waals surface area contributed by atoms with Gasteiger partial charge in [0.25, 0.3) is 0 Å². The monoisotopic (exact) mass is 114 g/mol. The second kappa shape index (κ2) is 2.06. The van der Waals surface area contributed by atoms with E-state index in [1.54, 1.807) is 0 Å². The number of hydrogen-bond donors (Lipinski definition) is 0. The minimum Gasteiger partial charge on any atom is -0.378 e. The molecule has 1 saturated heterocycles. The Morgan fingerprint density at radius 1 is 1.25 bits per heavy atom. The van der Waals surface area contributed by atoms with Crippen molar-refractivity contribution in [2.75, 3.05) is 6.61 Å². The molecule has 0 aromatic heterocycles. The second-order valence-electron chi connectivity index (χ2n) is 2.87. The van der Waals surface area contributed by atoms with Crippen molar-refractivity contribution in [2.24, 2.45) is 11.8 Å². The molecule has 2 unspecified atom stereocenters. The predicted molar refractivity (Wildman–Crippen MR) is 33.7 cm³/mol. The van der Waals surface area contributed by atoms with Crippen LogP contribution in [0.1, 0.15) is 20.8 Å². The molecule has 0 aliphatic carbocycles. The zero-order valence-corrected chi connectivity index (χ0v) is 5.85. The van der Waals surface area contributed by atoms with Crippen molar-refractivity contribution in [1.82, 2.24) is 0 Å². The minimum absolute atomic E-state index is 0.491. The summed E-state index contributed by atoms with van der Waals surface area (Å²) in [4.78, 5) is 0. The van der Waals surface area contributed by atoms with Crippen molar-refractivity contribution in [1.29, 1.82) is 0 Å². The van der Waals surface area contributed by atoms with Gasteiger partial charge in [0.2, 0.25) is 0 Å². The largest absolute Gasteiger partial charge is 0.378 e. The maximum absolute atomic E-state index is 5.38. The molecular formula is C7H14O. The van der Waals surface area contributed by atoms with Gasteiger partial charge >= 0.3 is 0 Å². The maximum Gasteiger partial charge on any atom is 0.0576 e. The Labute approximate surface area is 51.0 Å². The van der Waals surface area contributed by atoms with Gasteiger partial charge in [-0.1, -0.05) is 13.8 Å². The highest BCUT2D eigenvalue weighted by Crippen LogP contribution is 2.24. The molecule has 1 heteroatoms. The summed E-state index contributed by atoms with van der Waals surface area (Å²) in [5.41, 5.74) is 0. The molecule has 1 heterocycles. The molecule has 1 rings (SSSR count). The molecule has 8 heavy (non-hydrogen) atoms. The van der Waals surface area contributed by atoms with Gasteiger partial charge in [0, 0.05) is 6.61 Å². The normalized spacial score (nSPS) is 47.6. The van der Waals surface area contributed by atoms with E-state index in [1.807, 2.05) is 0 Å². The van der Waals surface area contributed by atoms with E-state index in [2.05, 4.69) is 20.8 Å². The average Bonchev–Trinajstić information content (AvgIpc) is 1.98. The summed E-state index contributed by atoms with van der Waals surface area (Å²) in [6.07, 6.45) is 0.491. The van der Waals surface area contributed by atoms with E-state index in [9.17, 15) is 0 Å². The zero-order valence-electron chi connectivity index (χ0n) is 5.85. The average molecular weight is 114 g/mol.